The van der Waals surface area contributed by atoms with E-state index in [1.165, 1.54) is 24.0 Å². The summed E-state index contributed by atoms with van der Waals surface area (Å²) in [6, 6.07) is 14.9. The van der Waals surface area contributed by atoms with Crippen LogP contribution >= 0.6 is 11.3 Å². The smallest absolute Gasteiger partial charge is 0.358 e. The van der Waals surface area contributed by atoms with Crippen LogP contribution in [-0.2, 0) is 11.2 Å². The summed E-state index contributed by atoms with van der Waals surface area (Å²) >= 11 is 1.36. The molecular weight excluding hydrogens is 362 g/mol. The van der Waals surface area contributed by atoms with Crippen LogP contribution in [0.3, 0.4) is 0 Å². The number of rotatable bonds is 7. The van der Waals surface area contributed by atoms with Gasteiger partial charge in [-0.2, -0.15) is 0 Å². The van der Waals surface area contributed by atoms with Crippen molar-refractivity contribution in [3.8, 4) is 16.3 Å². The van der Waals surface area contributed by atoms with Crippen LogP contribution in [0.5, 0.6) is 5.75 Å². The Morgan fingerprint density at radius 1 is 1.07 bits per heavy atom. The second-order valence-corrected chi connectivity index (χ2v) is 6.65. The first kappa shape index (κ1) is 18.8. The zero-order valence-corrected chi connectivity index (χ0v) is 15.9. The first-order valence-corrected chi connectivity index (χ1v) is 9.38. The molecule has 0 aliphatic carbocycles. The maximum atomic E-state index is 12.3. The van der Waals surface area contributed by atoms with Gasteiger partial charge in [-0.3, -0.25) is 4.79 Å². The molecule has 6 heteroatoms. The standard InChI is InChI=1S/C21H19NO4S/c1-3-14-8-10-15(11-9-14)20-22-17(13-27-20)21(24)26-12-18(23)16-6-4-5-7-19(16)25-2/h4-11,13H,3,12H2,1-2H3. The molecule has 3 aromatic rings. The van der Waals surface area contributed by atoms with Crippen LogP contribution in [0.15, 0.2) is 53.9 Å². The van der Waals surface area contributed by atoms with Gasteiger partial charge >= 0.3 is 5.97 Å². The van der Waals surface area contributed by atoms with E-state index in [1.54, 1.807) is 29.6 Å². The van der Waals surface area contributed by atoms with Crippen molar-refractivity contribution in [1.29, 1.82) is 0 Å². The molecule has 0 fully saturated rings. The second-order valence-electron chi connectivity index (χ2n) is 5.79. The number of carbonyl (C=O) groups is 2. The van der Waals surface area contributed by atoms with Crippen LogP contribution in [-0.4, -0.2) is 30.5 Å². The molecule has 0 aliphatic heterocycles. The van der Waals surface area contributed by atoms with Crippen LogP contribution in [0.25, 0.3) is 10.6 Å². The summed E-state index contributed by atoms with van der Waals surface area (Å²) in [7, 11) is 1.49. The number of aromatic nitrogens is 1. The van der Waals surface area contributed by atoms with Crippen LogP contribution in [0.1, 0.15) is 33.3 Å². The van der Waals surface area contributed by atoms with Crippen molar-refractivity contribution >= 4 is 23.1 Å². The quantitative estimate of drug-likeness (QED) is 0.448. The number of ether oxygens (including phenoxy) is 2. The van der Waals surface area contributed by atoms with Crippen molar-refractivity contribution in [3.05, 3.63) is 70.7 Å². The lowest BCUT2D eigenvalue weighted by atomic mass is 10.1. The summed E-state index contributed by atoms with van der Waals surface area (Å²) in [5.41, 5.74) is 2.76. The Labute approximate surface area is 161 Å². The van der Waals surface area contributed by atoms with Crippen molar-refractivity contribution in [2.75, 3.05) is 13.7 Å². The summed E-state index contributed by atoms with van der Waals surface area (Å²) in [5.74, 6) is -0.498. The Kier molecular flexibility index (Phi) is 5.98. The van der Waals surface area contributed by atoms with E-state index >= 15 is 0 Å². The summed E-state index contributed by atoms with van der Waals surface area (Å²) in [6.07, 6.45) is 0.968. The number of carbonyl (C=O) groups excluding carboxylic acids is 2. The minimum atomic E-state index is -0.620. The normalized spacial score (nSPS) is 10.4. The van der Waals surface area contributed by atoms with Gasteiger partial charge in [-0.1, -0.05) is 43.3 Å². The molecule has 27 heavy (non-hydrogen) atoms. The van der Waals surface area contributed by atoms with Crippen LogP contribution in [0.4, 0.5) is 0 Å². The van der Waals surface area contributed by atoms with E-state index < -0.39 is 5.97 Å². The number of hydrogen-bond acceptors (Lipinski definition) is 6. The Balaban J connectivity index is 1.65. The van der Waals surface area contributed by atoms with E-state index in [1.807, 2.05) is 24.3 Å². The number of aryl methyl sites for hydroxylation is 1. The molecular formula is C21H19NO4S. The zero-order chi connectivity index (χ0) is 19.2. The Bertz CT molecular complexity index is 947. The van der Waals surface area contributed by atoms with Gasteiger partial charge in [-0.15, -0.1) is 11.3 Å². The molecule has 0 atom stereocenters. The summed E-state index contributed by atoms with van der Waals surface area (Å²) < 4.78 is 10.3. The number of thiazole rings is 1. The van der Waals surface area contributed by atoms with Gasteiger partial charge in [-0.25, -0.2) is 9.78 Å². The predicted octanol–water partition coefficient (Wildman–Crippen LogP) is 4.42. The molecule has 0 unspecified atom stereocenters. The molecule has 138 valence electrons. The highest BCUT2D eigenvalue weighted by Gasteiger charge is 2.17. The third-order valence-electron chi connectivity index (χ3n) is 4.06. The van der Waals surface area contributed by atoms with Crippen molar-refractivity contribution in [2.45, 2.75) is 13.3 Å². The highest BCUT2D eigenvalue weighted by molar-refractivity contribution is 7.13. The molecule has 0 saturated carbocycles. The molecule has 0 bridgehead atoms. The van der Waals surface area contributed by atoms with E-state index in [-0.39, 0.29) is 18.1 Å². The zero-order valence-electron chi connectivity index (χ0n) is 15.1. The Morgan fingerprint density at radius 3 is 2.52 bits per heavy atom. The average Bonchev–Trinajstić information content (AvgIpc) is 3.22. The number of benzene rings is 2. The molecule has 1 heterocycles. The molecule has 0 amide bonds. The van der Waals surface area contributed by atoms with Gasteiger partial charge in [0.05, 0.1) is 12.7 Å². The summed E-state index contributed by atoms with van der Waals surface area (Å²) in [6.45, 7) is 1.73. The minimum Gasteiger partial charge on any atom is -0.496 e. The summed E-state index contributed by atoms with van der Waals surface area (Å²) in [4.78, 5) is 28.8. The van der Waals surface area contributed by atoms with Crippen molar-refractivity contribution in [2.24, 2.45) is 0 Å². The highest BCUT2D eigenvalue weighted by atomic mass is 32.1. The maximum absolute atomic E-state index is 12.3. The van der Waals surface area contributed by atoms with Crippen LogP contribution < -0.4 is 4.74 Å². The number of ketones is 1. The number of nitrogens with zero attached hydrogens (tertiary/aromatic N) is 1. The second kappa shape index (κ2) is 8.60. The number of Topliss-reactive ketones (excluding diaryl/α,β-unsaturated/α-hetero) is 1. The van der Waals surface area contributed by atoms with Gasteiger partial charge in [0.2, 0.25) is 5.78 Å². The van der Waals surface area contributed by atoms with Crippen molar-refractivity contribution < 1.29 is 19.1 Å². The SMILES string of the molecule is CCc1ccc(-c2nc(C(=O)OCC(=O)c3ccccc3OC)cs2)cc1. The Hall–Kier alpha value is -2.99. The third-order valence-corrected chi connectivity index (χ3v) is 4.96. The lowest BCUT2D eigenvalue weighted by Crippen LogP contribution is -2.15. The molecule has 0 N–H and O–H groups in total. The molecule has 5 nitrogen and oxygen atoms in total. The maximum Gasteiger partial charge on any atom is 0.358 e. The molecule has 0 aliphatic rings. The lowest BCUT2D eigenvalue weighted by molar-refractivity contribution is 0.0469. The van der Waals surface area contributed by atoms with Gasteiger partial charge in [0, 0.05) is 10.9 Å². The van der Waals surface area contributed by atoms with Crippen LogP contribution in [0.2, 0.25) is 0 Å². The van der Waals surface area contributed by atoms with Crippen LogP contribution in [0, 0.1) is 0 Å². The van der Waals surface area contributed by atoms with Gasteiger partial charge in [-0.05, 0) is 24.1 Å². The Morgan fingerprint density at radius 2 is 1.81 bits per heavy atom. The summed E-state index contributed by atoms with van der Waals surface area (Å²) in [5, 5.41) is 2.37. The molecule has 1 aromatic heterocycles. The van der Waals surface area contributed by atoms with Crippen molar-refractivity contribution in [3.63, 3.8) is 0 Å². The van der Waals surface area contributed by atoms with E-state index in [0.29, 0.717) is 11.3 Å². The fourth-order valence-corrected chi connectivity index (χ4v) is 3.34. The molecule has 0 saturated heterocycles. The average molecular weight is 381 g/mol. The van der Waals surface area contributed by atoms with Gasteiger partial charge in [0.15, 0.2) is 12.3 Å². The predicted molar refractivity (Wildman–Crippen MR) is 105 cm³/mol. The lowest BCUT2D eigenvalue weighted by Gasteiger charge is -2.07. The van der Waals surface area contributed by atoms with E-state index in [9.17, 15) is 9.59 Å². The number of methoxy groups -OCH3 is 1. The van der Waals surface area contributed by atoms with E-state index in [0.717, 1.165) is 17.0 Å². The minimum absolute atomic E-state index is 0.197. The van der Waals surface area contributed by atoms with E-state index in [4.69, 9.17) is 9.47 Å². The van der Waals surface area contributed by atoms with E-state index in [2.05, 4.69) is 11.9 Å². The van der Waals surface area contributed by atoms with Crippen molar-refractivity contribution in [1.82, 2.24) is 4.98 Å². The highest BCUT2D eigenvalue weighted by Crippen LogP contribution is 2.24. The fourth-order valence-electron chi connectivity index (χ4n) is 2.54. The first-order valence-electron chi connectivity index (χ1n) is 8.50. The molecule has 2 aromatic carbocycles. The number of esters is 1. The fraction of sp³-hybridized carbons (Fsp3) is 0.190. The van der Waals surface area contributed by atoms with Gasteiger partial charge in [0.1, 0.15) is 10.8 Å². The largest absolute Gasteiger partial charge is 0.496 e. The molecule has 0 spiro atoms. The molecule has 0 radical (unpaired) electrons. The first-order chi connectivity index (χ1) is 13.1. The topological polar surface area (TPSA) is 65.5 Å². The van der Waals surface area contributed by atoms with Gasteiger partial charge < -0.3 is 9.47 Å². The molecule has 3 rings (SSSR count). The monoisotopic (exact) mass is 381 g/mol. The third kappa shape index (κ3) is 4.41. The van der Waals surface area contributed by atoms with Gasteiger partial charge in [0.25, 0.3) is 0 Å². The number of hydrogen-bond donors (Lipinski definition) is 0. The number of para-hydroxylation sites is 1.